The molecule has 1 aromatic rings. The second kappa shape index (κ2) is 5.87. The molecule has 0 spiro atoms. The summed E-state index contributed by atoms with van der Waals surface area (Å²) >= 11 is 0. The molecule has 0 amide bonds. The van der Waals surface area contributed by atoms with Crippen LogP contribution in [0.4, 0.5) is 0 Å². The zero-order chi connectivity index (χ0) is 12.9. The summed E-state index contributed by atoms with van der Waals surface area (Å²) in [5.41, 5.74) is 1.27. The lowest BCUT2D eigenvalue weighted by molar-refractivity contribution is -0.143. The van der Waals surface area contributed by atoms with Crippen molar-refractivity contribution in [1.29, 1.82) is 0 Å². The predicted octanol–water partition coefficient (Wildman–Crippen LogP) is 1.94. The van der Waals surface area contributed by atoms with E-state index in [9.17, 15) is 4.79 Å². The Morgan fingerprint density at radius 1 is 1.47 bits per heavy atom. The minimum Gasteiger partial charge on any atom is -0.465 e. The maximum Gasteiger partial charge on any atom is 0.325 e. The van der Waals surface area contributed by atoms with Gasteiger partial charge < -0.3 is 14.6 Å². The predicted molar refractivity (Wildman–Crippen MR) is 67.7 cm³/mol. The molecule has 0 saturated heterocycles. The van der Waals surface area contributed by atoms with Crippen LogP contribution in [0, 0.1) is 0 Å². The van der Waals surface area contributed by atoms with Crippen LogP contribution >= 0.6 is 0 Å². The largest absolute Gasteiger partial charge is 0.465 e. The first-order valence-corrected chi connectivity index (χ1v) is 5.96. The number of carbonyl (C=O) groups excluding carboxylic acids is 1. The molecule has 0 unspecified atom stereocenters. The van der Waals surface area contributed by atoms with E-state index in [0.29, 0.717) is 6.61 Å². The molecule has 0 aliphatic heterocycles. The third-order valence-corrected chi connectivity index (χ3v) is 2.25. The van der Waals surface area contributed by atoms with Crippen LogP contribution < -0.4 is 5.32 Å². The van der Waals surface area contributed by atoms with Crippen molar-refractivity contribution in [3.63, 3.8) is 0 Å². The molecular weight excluding hydrogens is 216 g/mol. The fourth-order valence-electron chi connectivity index (χ4n) is 1.42. The van der Waals surface area contributed by atoms with Crippen LogP contribution in [0.2, 0.25) is 0 Å². The quantitative estimate of drug-likeness (QED) is 0.797. The maximum absolute atomic E-state index is 11.3. The average molecular weight is 238 g/mol. The Labute approximate surface area is 103 Å². The summed E-state index contributed by atoms with van der Waals surface area (Å²) < 4.78 is 6.74. The summed E-state index contributed by atoms with van der Waals surface area (Å²) in [6.45, 7) is 9.71. The fraction of sp³-hybridized carbons (Fsp3) is 0.615. The van der Waals surface area contributed by atoms with Gasteiger partial charge in [0.05, 0.1) is 6.61 Å². The van der Waals surface area contributed by atoms with E-state index in [4.69, 9.17) is 4.74 Å². The highest BCUT2D eigenvalue weighted by Crippen LogP contribution is 2.05. The van der Waals surface area contributed by atoms with E-state index >= 15 is 0 Å². The van der Waals surface area contributed by atoms with E-state index in [1.165, 1.54) is 5.56 Å². The number of hydrogen-bond donors (Lipinski definition) is 1. The fourth-order valence-corrected chi connectivity index (χ4v) is 1.42. The van der Waals surface area contributed by atoms with E-state index in [-0.39, 0.29) is 18.1 Å². The maximum atomic E-state index is 11.3. The average Bonchev–Trinajstić information content (AvgIpc) is 2.62. The van der Waals surface area contributed by atoms with Crippen LogP contribution in [-0.4, -0.2) is 22.7 Å². The lowest BCUT2D eigenvalue weighted by Crippen LogP contribution is -2.34. The molecule has 0 radical (unpaired) electrons. The number of nitrogens with one attached hydrogen (secondary N) is 1. The van der Waals surface area contributed by atoms with E-state index in [1.54, 1.807) is 0 Å². The molecular formula is C13H22N2O2. The summed E-state index contributed by atoms with van der Waals surface area (Å²) in [6, 6.07) is 2.01. The van der Waals surface area contributed by atoms with E-state index in [2.05, 4.69) is 26.1 Å². The Bertz CT molecular complexity index is 364. The lowest BCUT2D eigenvalue weighted by Gasteiger charge is -2.19. The van der Waals surface area contributed by atoms with Gasteiger partial charge in [-0.15, -0.1) is 0 Å². The first kappa shape index (κ1) is 13.8. The van der Waals surface area contributed by atoms with Crippen molar-refractivity contribution in [2.75, 3.05) is 6.61 Å². The molecule has 96 valence electrons. The van der Waals surface area contributed by atoms with Gasteiger partial charge in [-0.2, -0.15) is 0 Å². The first-order valence-electron chi connectivity index (χ1n) is 5.96. The summed E-state index contributed by atoms with van der Waals surface area (Å²) in [5.74, 6) is -0.196. The number of aromatic nitrogens is 1. The van der Waals surface area contributed by atoms with Crippen LogP contribution in [-0.2, 0) is 22.6 Å². The van der Waals surface area contributed by atoms with Crippen molar-refractivity contribution >= 4 is 5.97 Å². The lowest BCUT2D eigenvalue weighted by atomic mass is 10.1. The molecule has 17 heavy (non-hydrogen) atoms. The van der Waals surface area contributed by atoms with Crippen molar-refractivity contribution in [2.45, 2.75) is 46.3 Å². The molecule has 1 aromatic heterocycles. The number of rotatable bonds is 5. The number of ether oxygens (including phenoxy) is 1. The smallest absolute Gasteiger partial charge is 0.325 e. The van der Waals surface area contributed by atoms with Crippen LogP contribution in [0.25, 0.3) is 0 Å². The van der Waals surface area contributed by atoms with Gasteiger partial charge in [0.15, 0.2) is 0 Å². The molecule has 0 aliphatic carbocycles. The van der Waals surface area contributed by atoms with Crippen molar-refractivity contribution in [2.24, 2.45) is 0 Å². The summed E-state index contributed by atoms with van der Waals surface area (Å²) in [7, 11) is 0. The van der Waals surface area contributed by atoms with Crippen LogP contribution in [0.5, 0.6) is 0 Å². The topological polar surface area (TPSA) is 43.3 Å². The molecule has 1 heterocycles. The van der Waals surface area contributed by atoms with Gasteiger partial charge in [0.25, 0.3) is 0 Å². The van der Waals surface area contributed by atoms with Crippen LogP contribution in [0.3, 0.4) is 0 Å². The van der Waals surface area contributed by atoms with Gasteiger partial charge in [-0.1, -0.05) is 0 Å². The molecule has 0 fully saturated rings. The molecule has 4 heteroatoms. The van der Waals surface area contributed by atoms with E-state index in [1.807, 2.05) is 30.0 Å². The van der Waals surface area contributed by atoms with Gasteiger partial charge >= 0.3 is 5.97 Å². The van der Waals surface area contributed by atoms with E-state index in [0.717, 1.165) is 6.54 Å². The standard InChI is InChI=1S/C13H22N2O2/c1-5-17-12(16)10-15-7-6-11(9-15)8-14-13(2,3)4/h6-7,9,14H,5,8,10H2,1-4H3. The third-order valence-electron chi connectivity index (χ3n) is 2.25. The SMILES string of the molecule is CCOC(=O)Cn1ccc(CNC(C)(C)C)c1. The zero-order valence-corrected chi connectivity index (χ0v) is 11.1. The number of esters is 1. The highest BCUT2D eigenvalue weighted by atomic mass is 16.5. The number of nitrogens with zero attached hydrogens (tertiary/aromatic N) is 1. The molecule has 4 nitrogen and oxygen atoms in total. The molecule has 0 bridgehead atoms. The minimum absolute atomic E-state index is 0.100. The molecule has 0 aliphatic rings. The third kappa shape index (κ3) is 5.54. The Hall–Kier alpha value is -1.29. The van der Waals surface area contributed by atoms with Gasteiger partial charge in [0.2, 0.25) is 0 Å². The number of carbonyl (C=O) groups is 1. The second-order valence-corrected chi connectivity index (χ2v) is 5.10. The van der Waals surface area contributed by atoms with Gasteiger partial charge in [0, 0.05) is 24.5 Å². The van der Waals surface area contributed by atoms with Crippen molar-refractivity contribution < 1.29 is 9.53 Å². The zero-order valence-electron chi connectivity index (χ0n) is 11.1. The van der Waals surface area contributed by atoms with Crippen molar-refractivity contribution in [1.82, 2.24) is 9.88 Å². The highest BCUT2D eigenvalue weighted by Gasteiger charge is 2.09. The Kier molecular flexibility index (Phi) is 4.75. The molecule has 1 rings (SSSR count). The highest BCUT2D eigenvalue weighted by molar-refractivity contribution is 5.69. The van der Waals surface area contributed by atoms with Crippen molar-refractivity contribution in [3.8, 4) is 0 Å². The van der Waals surface area contributed by atoms with E-state index < -0.39 is 0 Å². The summed E-state index contributed by atoms with van der Waals surface area (Å²) in [4.78, 5) is 11.3. The Balaban J connectivity index is 2.45. The second-order valence-electron chi connectivity index (χ2n) is 5.10. The minimum atomic E-state index is -0.196. The molecule has 0 saturated carbocycles. The number of hydrogen-bond acceptors (Lipinski definition) is 3. The summed E-state index contributed by atoms with van der Waals surface area (Å²) in [6.07, 6.45) is 3.87. The molecule has 0 aromatic carbocycles. The summed E-state index contributed by atoms with van der Waals surface area (Å²) in [5, 5.41) is 3.40. The van der Waals surface area contributed by atoms with Gasteiger partial charge in [-0.05, 0) is 39.3 Å². The normalized spacial score (nSPS) is 11.5. The van der Waals surface area contributed by atoms with Crippen LogP contribution in [0.1, 0.15) is 33.3 Å². The monoisotopic (exact) mass is 238 g/mol. The molecule has 0 atom stereocenters. The van der Waals surface area contributed by atoms with Crippen LogP contribution in [0.15, 0.2) is 18.5 Å². The van der Waals surface area contributed by atoms with Gasteiger partial charge in [-0.3, -0.25) is 4.79 Å². The first-order chi connectivity index (χ1) is 7.90. The Morgan fingerprint density at radius 3 is 2.76 bits per heavy atom. The van der Waals surface area contributed by atoms with Crippen molar-refractivity contribution in [3.05, 3.63) is 24.0 Å². The van der Waals surface area contributed by atoms with Gasteiger partial charge in [-0.25, -0.2) is 0 Å². The Morgan fingerprint density at radius 2 is 2.18 bits per heavy atom. The van der Waals surface area contributed by atoms with Gasteiger partial charge in [0.1, 0.15) is 6.54 Å². The molecule has 1 N–H and O–H groups in total.